The summed E-state index contributed by atoms with van der Waals surface area (Å²) >= 11 is 1.76. The summed E-state index contributed by atoms with van der Waals surface area (Å²) in [5.41, 5.74) is 6.87. The fourth-order valence-corrected chi connectivity index (χ4v) is 2.69. The highest BCUT2D eigenvalue weighted by Crippen LogP contribution is 2.26. The number of aryl methyl sites for hydroxylation is 2. The van der Waals surface area contributed by atoms with E-state index in [-0.39, 0.29) is 24.4 Å². The number of hydrogen-bond donors (Lipinski definition) is 2. The van der Waals surface area contributed by atoms with Gasteiger partial charge in [0.15, 0.2) is 0 Å². The zero-order valence-electron chi connectivity index (χ0n) is 10.7. The number of amides is 1. The fourth-order valence-electron chi connectivity index (χ4n) is 1.66. The smallest absolute Gasteiger partial charge is 0.237 e. The molecule has 2 atom stereocenters. The molecule has 98 valence electrons. The van der Waals surface area contributed by atoms with E-state index in [1.165, 1.54) is 15.3 Å². The van der Waals surface area contributed by atoms with Gasteiger partial charge >= 0.3 is 0 Å². The van der Waals surface area contributed by atoms with Gasteiger partial charge in [-0.2, -0.15) is 0 Å². The minimum absolute atomic E-state index is 0. The van der Waals surface area contributed by atoms with E-state index in [1.54, 1.807) is 11.3 Å². The van der Waals surface area contributed by atoms with Crippen LogP contribution in [0.15, 0.2) is 6.07 Å². The second kappa shape index (κ2) is 6.99. The second-order valence-electron chi connectivity index (χ2n) is 4.11. The largest absolute Gasteiger partial charge is 0.348 e. The Bertz CT molecular complexity index is 379. The normalized spacial score (nSPS) is 13.7. The van der Waals surface area contributed by atoms with Crippen molar-refractivity contribution < 1.29 is 4.79 Å². The van der Waals surface area contributed by atoms with Crippen molar-refractivity contribution in [3.8, 4) is 0 Å². The molecule has 0 saturated carbocycles. The molecular formula is C12H21ClN2OS. The number of nitrogens with one attached hydrogen (secondary N) is 1. The highest BCUT2D eigenvalue weighted by molar-refractivity contribution is 7.12. The Labute approximate surface area is 113 Å². The van der Waals surface area contributed by atoms with Crippen LogP contribution in [0.25, 0.3) is 0 Å². The van der Waals surface area contributed by atoms with Crippen LogP contribution in [-0.2, 0) is 4.79 Å². The summed E-state index contributed by atoms with van der Waals surface area (Å²) in [4.78, 5) is 14.2. The zero-order valence-corrected chi connectivity index (χ0v) is 12.4. The van der Waals surface area contributed by atoms with Gasteiger partial charge in [0.05, 0.1) is 12.1 Å². The maximum Gasteiger partial charge on any atom is 0.237 e. The van der Waals surface area contributed by atoms with Crippen molar-refractivity contribution >= 4 is 29.7 Å². The van der Waals surface area contributed by atoms with Gasteiger partial charge in [-0.15, -0.1) is 23.7 Å². The highest BCUT2D eigenvalue weighted by Gasteiger charge is 2.17. The number of nitrogens with two attached hydrogens (primary N) is 1. The van der Waals surface area contributed by atoms with Crippen molar-refractivity contribution in [2.24, 2.45) is 5.73 Å². The van der Waals surface area contributed by atoms with Gasteiger partial charge in [0.2, 0.25) is 5.91 Å². The molecule has 0 fully saturated rings. The fraction of sp³-hybridized carbons (Fsp3) is 0.583. The van der Waals surface area contributed by atoms with Crippen LogP contribution in [0.1, 0.15) is 41.6 Å². The first-order valence-electron chi connectivity index (χ1n) is 5.58. The summed E-state index contributed by atoms with van der Waals surface area (Å²) in [5.74, 6) is -0.0711. The highest BCUT2D eigenvalue weighted by atomic mass is 35.5. The third kappa shape index (κ3) is 4.30. The molecular weight excluding hydrogens is 256 g/mol. The molecule has 0 spiro atoms. The van der Waals surface area contributed by atoms with Crippen LogP contribution < -0.4 is 11.1 Å². The summed E-state index contributed by atoms with van der Waals surface area (Å²) in [6.07, 6.45) is 0.667. The molecule has 17 heavy (non-hydrogen) atoms. The van der Waals surface area contributed by atoms with Crippen molar-refractivity contribution in [1.29, 1.82) is 0 Å². The predicted molar refractivity (Wildman–Crippen MR) is 75.9 cm³/mol. The molecule has 0 aliphatic carbocycles. The standard InChI is InChI=1S/C12H20N2OS.ClH/c1-5-11(13)12(15)14-8(3)10-6-7(2)16-9(10)4;/h6,8,11H,5,13H2,1-4H3,(H,14,15);1H/t8?,11-;/m0./s1. The van der Waals surface area contributed by atoms with Crippen molar-refractivity contribution in [1.82, 2.24) is 5.32 Å². The Morgan fingerprint density at radius 2 is 2.12 bits per heavy atom. The molecule has 1 amide bonds. The minimum Gasteiger partial charge on any atom is -0.348 e. The molecule has 0 aromatic carbocycles. The number of rotatable bonds is 4. The maximum atomic E-state index is 11.6. The molecule has 0 saturated heterocycles. The number of carbonyl (C=O) groups excluding carboxylic acids is 1. The Kier molecular flexibility index (Phi) is 6.75. The Morgan fingerprint density at radius 1 is 1.53 bits per heavy atom. The van der Waals surface area contributed by atoms with Crippen molar-refractivity contribution in [3.05, 3.63) is 21.4 Å². The van der Waals surface area contributed by atoms with Crippen LogP contribution in [0.4, 0.5) is 0 Å². The van der Waals surface area contributed by atoms with E-state index < -0.39 is 6.04 Å². The monoisotopic (exact) mass is 276 g/mol. The topological polar surface area (TPSA) is 55.1 Å². The van der Waals surface area contributed by atoms with E-state index >= 15 is 0 Å². The predicted octanol–water partition coefficient (Wildman–Crippen LogP) is 2.70. The van der Waals surface area contributed by atoms with Gasteiger partial charge in [-0.1, -0.05) is 6.92 Å². The van der Waals surface area contributed by atoms with Crippen molar-refractivity contribution in [2.45, 2.75) is 46.2 Å². The summed E-state index contributed by atoms with van der Waals surface area (Å²) in [6, 6.07) is 1.76. The van der Waals surface area contributed by atoms with Crippen LogP contribution in [0.3, 0.4) is 0 Å². The van der Waals surface area contributed by atoms with Crippen LogP contribution in [0, 0.1) is 13.8 Å². The molecule has 1 unspecified atom stereocenters. The Balaban J connectivity index is 0.00000256. The van der Waals surface area contributed by atoms with E-state index in [1.807, 2.05) is 13.8 Å². The van der Waals surface area contributed by atoms with E-state index in [0.717, 1.165) is 0 Å². The lowest BCUT2D eigenvalue weighted by Crippen LogP contribution is -2.41. The summed E-state index contributed by atoms with van der Waals surface area (Å²) in [6.45, 7) is 8.06. The number of thiophene rings is 1. The number of hydrogen-bond acceptors (Lipinski definition) is 3. The summed E-state index contributed by atoms with van der Waals surface area (Å²) in [5, 5.41) is 2.94. The van der Waals surface area contributed by atoms with Crippen LogP contribution in [0.5, 0.6) is 0 Å². The lowest BCUT2D eigenvalue weighted by molar-refractivity contribution is -0.123. The molecule has 1 rings (SSSR count). The molecule has 0 bridgehead atoms. The van der Waals surface area contributed by atoms with Gasteiger partial charge in [-0.25, -0.2) is 0 Å². The first kappa shape index (κ1) is 16.4. The number of carbonyl (C=O) groups is 1. The lowest BCUT2D eigenvalue weighted by Gasteiger charge is -2.16. The van der Waals surface area contributed by atoms with Crippen molar-refractivity contribution in [3.63, 3.8) is 0 Å². The van der Waals surface area contributed by atoms with Gasteiger partial charge in [0.25, 0.3) is 0 Å². The van der Waals surface area contributed by atoms with Gasteiger partial charge in [0, 0.05) is 9.75 Å². The quantitative estimate of drug-likeness (QED) is 0.888. The molecule has 0 aliphatic rings. The third-order valence-corrected chi connectivity index (χ3v) is 3.66. The zero-order chi connectivity index (χ0) is 12.3. The molecule has 1 aromatic rings. The second-order valence-corrected chi connectivity index (χ2v) is 5.57. The minimum atomic E-state index is -0.400. The first-order valence-corrected chi connectivity index (χ1v) is 6.40. The average molecular weight is 277 g/mol. The van der Waals surface area contributed by atoms with Gasteiger partial charge in [-0.05, 0) is 38.8 Å². The van der Waals surface area contributed by atoms with Crippen LogP contribution in [-0.4, -0.2) is 11.9 Å². The molecule has 3 nitrogen and oxygen atoms in total. The molecule has 1 aromatic heterocycles. The molecule has 3 N–H and O–H groups in total. The lowest BCUT2D eigenvalue weighted by atomic mass is 10.1. The maximum absolute atomic E-state index is 11.6. The molecule has 1 heterocycles. The van der Waals surface area contributed by atoms with E-state index in [2.05, 4.69) is 25.2 Å². The van der Waals surface area contributed by atoms with Gasteiger partial charge < -0.3 is 11.1 Å². The van der Waals surface area contributed by atoms with E-state index in [9.17, 15) is 4.79 Å². The van der Waals surface area contributed by atoms with E-state index in [0.29, 0.717) is 6.42 Å². The SMILES string of the molecule is CC[C@H](N)C(=O)NC(C)c1cc(C)sc1C.Cl. The van der Waals surface area contributed by atoms with Crippen molar-refractivity contribution in [2.75, 3.05) is 0 Å². The molecule has 5 heteroatoms. The first-order chi connectivity index (χ1) is 7.45. The number of halogens is 1. The Hall–Kier alpha value is -0.580. The third-order valence-electron chi connectivity index (χ3n) is 2.68. The summed E-state index contributed by atoms with van der Waals surface area (Å²) in [7, 11) is 0. The molecule has 0 radical (unpaired) electrons. The average Bonchev–Trinajstić information content (AvgIpc) is 2.56. The molecule has 0 aliphatic heterocycles. The van der Waals surface area contributed by atoms with Gasteiger partial charge in [0.1, 0.15) is 0 Å². The van der Waals surface area contributed by atoms with Gasteiger partial charge in [-0.3, -0.25) is 4.79 Å². The summed E-state index contributed by atoms with van der Waals surface area (Å²) < 4.78 is 0. The Morgan fingerprint density at radius 3 is 2.53 bits per heavy atom. The van der Waals surface area contributed by atoms with Crippen LogP contribution >= 0.6 is 23.7 Å². The van der Waals surface area contributed by atoms with Crippen LogP contribution in [0.2, 0.25) is 0 Å². The van der Waals surface area contributed by atoms with E-state index in [4.69, 9.17) is 5.73 Å².